The van der Waals surface area contributed by atoms with Gasteiger partial charge in [0, 0.05) is 0 Å². The summed E-state index contributed by atoms with van der Waals surface area (Å²) in [4.78, 5) is 0. The van der Waals surface area contributed by atoms with E-state index in [1.54, 1.807) is 2.52 Å². The van der Waals surface area contributed by atoms with Crippen LogP contribution in [0.25, 0.3) is 0 Å². The molecule has 0 nitrogen and oxygen atoms in total. The third kappa shape index (κ3) is 6.94. The molecule has 0 radical (unpaired) electrons. The third-order valence-corrected chi connectivity index (χ3v) is 21.6. The van der Waals surface area contributed by atoms with E-state index in [0.29, 0.717) is 0 Å². The molecule has 0 saturated heterocycles. The quantitative estimate of drug-likeness (QED) is 0.494. The molecule has 0 spiro atoms. The molecular weight excluding hydrogens is 313 g/mol. The Morgan fingerprint density at radius 3 is 2.00 bits per heavy atom. The molecule has 0 atom stereocenters. The fourth-order valence-electron chi connectivity index (χ4n) is 0.888. The second-order valence-electron chi connectivity index (χ2n) is 4.13. The van der Waals surface area contributed by atoms with Crippen LogP contribution in [0.2, 0.25) is 25.2 Å². The van der Waals surface area contributed by atoms with Crippen molar-refractivity contribution in [2.24, 2.45) is 0 Å². The zero-order valence-corrected chi connectivity index (χ0v) is 12.3. The van der Waals surface area contributed by atoms with Gasteiger partial charge in [0.15, 0.2) is 0 Å². The van der Waals surface area contributed by atoms with Crippen LogP contribution in [0.5, 0.6) is 0 Å². The minimum absolute atomic E-state index is 0.381. The normalized spacial score (nSPS) is 13.2. The zero-order chi connectivity index (χ0) is 9.61. The van der Waals surface area contributed by atoms with Crippen molar-refractivity contribution in [3.63, 3.8) is 0 Å². The van der Waals surface area contributed by atoms with Gasteiger partial charge in [0.1, 0.15) is 0 Å². The molecule has 0 bridgehead atoms. The van der Waals surface area contributed by atoms with E-state index in [0.717, 1.165) is 0 Å². The summed E-state index contributed by atoms with van der Waals surface area (Å²) >= 11 is -0.381. The van der Waals surface area contributed by atoms with Gasteiger partial charge in [-0.05, 0) is 0 Å². The Bertz CT molecular complexity index is 107. The van der Waals surface area contributed by atoms with Gasteiger partial charge in [0.2, 0.25) is 0 Å². The minimum atomic E-state index is -0.673. The summed E-state index contributed by atoms with van der Waals surface area (Å²) in [6.45, 7) is 9.94. The number of rotatable bonds is 6. The van der Waals surface area contributed by atoms with Gasteiger partial charge in [-0.25, -0.2) is 0 Å². The van der Waals surface area contributed by atoms with E-state index < -0.39 is 3.21 Å². The molecule has 0 aliphatic rings. The maximum absolute atomic E-state index is 2.59. The van der Waals surface area contributed by atoms with Crippen molar-refractivity contribution in [3.8, 4) is 0 Å². The van der Waals surface area contributed by atoms with Crippen LogP contribution in [0.3, 0.4) is 0 Å². The summed E-state index contributed by atoms with van der Waals surface area (Å²) in [7, 11) is 0. The molecule has 0 fully saturated rings. The molecule has 0 aromatic rings. The van der Waals surface area contributed by atoms with Crippen LogP contribution in [0.15, 0.2) is 0 Å². The molecule has 0 rings (SSSR count). The SMILES string of the molecule is CCCCC[CH2][Ho]([CH3])[Si](C)(C)C. The first-order valence-electron chi connectivity index (χ1n) is 4.87. The number of hydrogen-bond donors (Lipinski definition) is 0. The molecule has 0 saturated carbocycles. The van der Waals surface area contributed by atoms with Crippen molar-refractivity contribution in [1.29, 1.82) is 0 Å². The van der Waals surface area contributed by atoms with E-state index >= 15 is 0 Å². The Labute approximate surface area is 90.8 Å². The summed E-state index contributed by atoms with van der Waals surface area (Å²) < 4.78 is 3.53. The molecule has 0 aromatic carbocycles. The van der Waals surface area contributed by atoms with Crippen LogP contribution in [-0.4, -0.2) is 3.21 Å². The van der Waals surface area contributed by atoms with Gasteiger partial charge in [-0.15, -0.1) is 0 Å². The third-order valence-electron chi connectivity index (χ3n) is 1.96. The van der Waals surface area contributed by atoms with Crippen LogP contribution in [0, 0.1) is 30.8 Å². The van der Waals surface area contributed by atoms with E-state index in [9.17, 15) is 0 Å². The molecule has 0 N–H and O–H groups in total. The first kappa shape index (κ1) is 13.5. The predicted molar refractivity (Wildman–Crippen MR) is 58.2 cm³/mol. The van der Waals surface area contributed by atoms with Crippen LogP contribution < -0.4 is 0 Å². The van der Waals surface area contributed by atoms with E-state index in [1.807, 2.05) is 0 Å². The fraction of sp³-hybridized carbons (Fsp3) is 1.00. The van der Waals surface area contributed by atoms with Crippen LogP contribution >= 0.6 is 0 Å². The Kier molecular flexibility index (Phi) is 7.71. The molecule has 0 amide bonds. The van der Waals surface area contributed by atoms with E-state index in [4.69, 9.17) is 0 Å². The average Bonchev–Trinajstić information content (AvgIpc) is 1.96. The van der Waals surface area contributed by atoms with Crippen molar-refractivity contribution in [2.45, 2.75) is 57.8 Å². The summed E-state index contributed by atoms with van der Waals surface area (Å²) in [6, 6.07) is 0. The van der Waals surface area contributed by atoms with Crippen molar-refractivity contribution < 1.29 is 30.8 Å². The summed E-state index contributed by atoms with van der Waals surface area (Å²) in [5, 5.41) is 0. The van der Waals surface area contributed by atoms with Crippen molar-refractivity contribution in [1.82, 2.24) is 0 Å². The van der Waals surface area contributed by atoms with Crippen molar-refractivity contribution in [3.05, 3.63) is 0 Å². The van der Waals surface area contributed by atoms with Gasteiger partial charge in [0.05, 0.1) is 0 Å². The Morgan fingerprint density at radius 2 is 1.58 bits per heavy atom. The second-order valence-corrected chi connectivity index (χ2v) is 24.5. The molecule has 80 valence electrons. The summed E-state index contributed by atoms with van der Waals surface area (Å²) in [6.07, 6.45) is 5.84. The molecule has 0 heterocycles. The maximum atomic E-state index is 2.59. The van der Waals surface area contributed by atoms with Crippen molar-refractivity contribution in [2.75, 3.05) is 0 Å². The molecule has 2 heteroatoms. The van der Waals surface area contributed by atoms with Gasteiger partial charge in [-0.1, -0.05) is 0 Å². The average molecular weight is 338 g/mol. The summed E-state index contributed by atoms with van der Waals surface area (Å²) in [5.41, 5.74) is 0. The van der Waals surface area contributed by atoms with Crippen LogP contribution in [0.4, 0.5) is 0 Å². The Balaban J connectivity index is 3.38. The van der Waals surface area contributed by atoms with Gasteiger partial charge >= 0.3 is 91.8 Å². The number of hydrogen-bond acceptors (Lipinski definition) is 0. The molecule has 0 aliphatic heterocycles. The van der Waals surface area contributed by atoms with Gasteiger partial charge in [-0.2, -0.15) is 0 Å². The molecule has 0 unspecified atom stereocenters. The molecule has 12 heavy (non-hydrogen) atoms. The topological polar surface area (TPSA) is 0 Å². The Hall–Kier alpha value is 1.48. The summed E-state index contributed by atoms with van der Waals surface area (Å²) in [5.74, 6) is 0. The predicted octanol–water partition coefficient (Wildman–Crippen LogP) is 4.49. The van der Waals surface area contributed by atoms with E-state index in [-0.39, 0.29) is 30.8 Å². The van der Waals surface area contributed by atoms with Gasteiger partial charge in [-0.3, -0.25) is 0 Å². The second kappa shape index (κ2) is 6.86. The van der Waals surface area contributed by atoms with Crippen LogP contribution in [-0.2, 0) is 0 Å². The standard InChI is InChI=1S/C6H13.C3H9Si.CH3.Ho/c1-3-5-6-4-2;1-4(2)3;;/h1,3-6H2,2H3;1-3H3;1H3;. The fourth-order valence-corrected chi connectivity index (χ4v) is 7.99. The molecule has 0 aromatic heterocycles. The molecular formula is C10H25HoSi. The zero-order valence-electron chi connectivity index (χ0n) is 9.34. The Morgan fingerprint density at radius 1 is 1.00 bits per heavy atom. The monoisotopic (exact) mass is 338 g/mol. The van der Waals surface area contributed by atoms with E-state index in [2.05, 4.69) is 29.6 Å². The number of unbranched alkanes of at least 4 members (excludes halogenated alkanes) is 3. The van der Waals surface area contributed by atoms with Crippen molar-refractivity contribution >= 4 is 3.21 Å². The molecule has 0 aliphatic carbocycles. The first-order chi connectivity index (χ1) is 5.48. The van der Waals surface area contributed by atoms with Crippen LogP contribution in [0.1, 0.15) is 32.6 Å². The van der Waals surface area contributed by atoms with E-state index in [1.165, 1.54) is 25.7 Å². The first-order valence-corrected chi connectivity index (χ1v) is 14.4. The van der Waals surface area contributed by atoms with Gasteiger partial charge in [0.25, 0.3) is 0 Å². The van der Waals surface area contributed by atoms with Gasteiger partial charge < -0.3 is 0 Å².